The molecule has 1 nitrogen and oxygen atoms in total. The third-order valence-electron chi connectivity index (χ3n) is 3.87. The molecule has 0 saturated heterocycles. The molecule has 0 spiro atoms. The van der Waals surface area contributed by atoms with Gasteiger partial charge in [-0.3, -0.25) is 0 Å². The molecule has 1 atom stereocenters. The van der Waals surface area contributed by atoms with Crippen LogP contribution in [0.2, 0.25) is 0 Å². The molecular formula is C19H24FN. The predicted octanol–water partition coefficient (Wildman–Crippen LogP) is 4.74. The Labute approximate surface area is 127 Å². The molecule has 0 aliphatic rings. The van der Waals surface area contributed by atoms with Gasteiger partial charge >= 0.3 is 0 Å². The fourth-order valence-corrected chi connectivity index (χ4v) is 2.54. The Bertz CT molecular complexity index is 608. The number of benzene rings is 2. The van der Waals surface area contributed by atoms with Crippen LogP contribution in [0, 0.1) is 12.7 Å². The Morgan fingerprint density at radius 2 is 1.62 bits per heavy atom. The maximum Gasteiger partial charge on any atom is 0.128 e. The van der Waals surface area contributed by atoms with Gasteiger partial charge in [-0.25, -0.2) is 4.39 Å². The average molecular weight is 285 g/mol. The first-order valence-corrected chi connectivity index (χ1v) is 7.36. The van der Waals surface area contributed by atoms with Crippen LogP contribution in [0.15, 0.2) is 42.5 Å². The van der Waals surface area contributed by atoms with Crippen molar-refractivity contribution in [3.63, 3.8) is 0 Å². The van der Waals surface area contributed by atoms with Gasteiger partial charge in [0, 0.05) is 5.56 Å². The Morgan fingerprint density at radius 1 is 1.00 bits per heavy atom. The molecule has 21 heavy (non-hydrogen) atoms. The van der Waals surface area contributed by atoms with Crippen molar-refractivity contribution in [2.24, 2.45) is 0 Å². The lowest BCUT2D eigenvalue weighted by atomic mass is 9.85. The molecule has 0 bridgehead atoms. The summed E-state index contributed by atoms with van der Waals surface area (Å²) < 4.78 is 14.2. The lowest BCUT2D eigenvalue weighted by Crippen LogP contribution is -2.19. The monoisotopic (exact) mass is 285 g/mol. The number of halogens is 1. The van der Waals surface area contributed by atoms with Crippen molar-refractivity contribution in [2.75, 3.05) is 7.05 Å². The first kappa shape index (κ1) is 15.7. The lowest BCUT2D eigenvalue weighted by Gasteiger charge is -2.22. The van der Waals surface area contributed by atoms with Crippen LogP contribution >= 0.6 is 0 Å². The summed E-state index contributed by atoms with van der Waals surface area (Å²) in [5.74, 6) is -0.158. The zero-order valence-corrected chi connectivity index (χ0v) is 13.5. The maximum atomic E-state index is 14.2. The van der Waals surface area contributed by atoms with E-state index < -0.39 is 0 Å². The van der Waals surface area contributed by atoms with E-state index in [-0.39, 0.29) is 17.3 Å². The van der Waals surface area contributed by atoms with Crippen LogP contribution < -0.4 is 5.32 Å². The summed E-state index contributed by atoms with van der Waals surface area (Å²) in [6.45, 7) is 8.48. The van der Waals surface area contributed by atoms with Crippen molar-refractivity contribution >= 4 is 0 Å². The van der Waals surface area contributed by atoms with E-state index in [0.717, 1.165) is 11.1 Å². The van der Waals surface area contributed by atoms with Crippen LogP contribution in [0.25, 0.3) is 0 Å². The van der Waals surface area contributed by atoms with Gasteiger partial charge in [-0.05, 0) is 42.1 Å². The smallest absolute Gasteiger partial charge is 0.128 e. The molecule has 2 rings (SSSR count). The second-order valence-corrected chi connectivity index (χ2v) is 6.62. The molecule has 0 radical (unpaired) electrons. The number of hydrogen-bond acceptors (Lipinski definition) is 1. The van der Waals surface area contributed by atoms with Crippen LogP contribution in [0.3, 0.4) is 0 Å². The molecule has 0 heterocycles. The minimum absolute atomic E-state index is 0.125. The number of nitrogens with one attached hydrogen (secondary N) is 1. The summed E-state index contributed by atoms with van der Waals surface area (Å²) in [6, 6.07) is 13.7. The first-order valence-electron chi connectivity index (χ1n) is 7.36. The molecule has 1 N–H and O–H groups in total. The van der Waals surface area contributed by atoms with Gasteiger partial charge < -0.3 is 5.32 Å². The van der Waals surface area contributed by atoms with Crippen LogP contribution in [0.4, 0.5) is 4.39 Å². The maximum absolute atomic E-state index is 14.2. The molecule has 0 aliphatic carbocycles. The predicted molar refractivity (Wildman–Crippen MR) is 87.2 cm³/mol. The highest BCUT2D eigenvalue weighted by molar-refractivity contribution is 5.37. The molecule has 2 aromatic rings. The molecule has 112 valence electrons. The highest BCUT2D eigenvalue weighted by atomic mass is 19.1. The van der Waals surface area contributed by atoms with E-state index in [0.29, 0.717) is 5.56 Å². The molecule has 0 aromatic heterocycles. The number of rotatable bonds is 3. The Morgan fingerprint density at radius 3 is 2.10 bits per heavy atom. The second kappa shape index (κ2) is 5.98. The van der Waals surface area contributed by atoms with E-state index in [1.165, 1.54) is 5.56 Å². The largest absolute Gasteiger partial charge is 0.309 e. The van der Waals surface area contributed by atoms with Crippen LogP contribution in [-0.4, -0.2) is 7.05 Å². The van der Waals surface area contributed by atoms with Crippen LogP contribution in [0.1, 0.15) is 49.1 Å². The topological polar surface area (TPSA) is 12.0 Å². The minimum Gasteiger partial charge on any atom is -0.309 e. The molecule has 2 aromatic carbocycles. The van der Waals surface area contributed by atoms with Gasteiger partial charge in [0.15, 0.2) is 0 Å². The van der Waals surface area contributed by atoms with Crippen molar-refractivity contribution in [1.29, 1.82) is 0 Å². The van der Waals surface area contributed by atoms with Gasteiger partial charge in [-0.15, -0.1) is 0 Å². The fraction of sp³-hybridized carbons (Fsp3) is 0.368. The van der Waals surface area contributed by atoms with E-state index >= 15 is 0 Å². The number of aryl methyl sites for hydroxylation is 1. The SMILES string of the molecule is CNC(c1ccc(C(C)(C)C)cc1)c1ccc(C)cc1F. The van der Waals surface area contributed by atoms with Gasteiger partial charge in [0.25, 0.3) is 0 Å². The van der Waals surface area contributed by atoms with E-state index in [1.54, 1.807) is 6.07 Å². The summed E-state index contributed by atoms with van der Waals surface area (Å²) in [5.41, 5.74) is 4.11. The molecule has 2 heteroatoms. The summed E-state index contributed by atoms with van der Waals surface area (Å²) in [4.78, 5) is 0. The van der Waals surface area contributed by atoms with Gasteiger partial charge in [0.1, 0.15) is 5.82 Å². The van der Waals surface area contributed by atoms with Crippen molar-refractivity contribution in [2.45, 2.75) is 39.2 Å². The van der Waals surface area contributed by atoms with Crippen molar-refractivity contribution in [3.05, 3.63) is 70.5 Å². The van der Waals surface area contributed by atoms with E-state index in [2.05, 4.69) is 50.4 Å². The molecule has 0 saturated carbocycles. The average Bonchev–Trinajstić information content (AvgIpc) is 2.41. The lowest BCUT2D eigenvalue weighted by molar-refractivity contribution is 0.572. The molecule has 1 unspecified atom stereocenters. The zero-order chi connectivity index (χ0) is 15.6. The van der Waals surface area contributed by atoms with E-state index in [1.807, 2.05) is 26.1 Å². The van der Waals surface area contributed by atoms with Gasteiger partial charge in [-0.2, -0.15) is 0 Å². The Kier molecular flexibility index (Phi) is 4.48. The van der Waals surface area contributed by atoms with Crippen molar-refractivity contribution in [3.8, 4) is 0 Å². The molecule has 0 fully saturated rings. The number of hydrogen-bond donors (Lipinski definition) is 1. The van der Waals surface area contributed by atoms with Crippen molar-refractivity contribution < 1.29 is 4.39 Å². The Hall–Kier alpha value is -1.67. The van der Waals surface area contributed by atoms with Crippen LogP contribution in [-0.2, 0) is 5.41 Å². The van der Waals surface area contributed by atoms with Gasteiger partial charge in [0.2, 0.25) is 0 Å². The van der Waals surface area contributed by atoms with Crippen LogP contribution in [0.5, 0.6) is 0 Å². The minimum atomic E-state index is -0.158. The molecule has 0 amide bonds. The summed E-state index contributed by atoms with van der Waals surface area (Å²) in [6.07, 6.45) is 0. The van der Waals surface area contributed by atoms with Gasteiger partial charge in [0.05, 0.1) is 6.04 Å². The normalized spacial score (nSPS) is 13.2. The summed E-state index contributed by atoms with van der Waals surface area (Å²) in [7, 11) is 1.86. The molecular weight excluding hydrogens is 261 g/mol. The summed E-state index contributed by atoms with van der Waals surface area (Å²) >= 11 is 0. The van der Waals surface area contributed by atoms with E-state index in [4.69, 9.17) is 0 Å². The zero-order valence-electron chi connectivity index (χ0n) is 13.5. The third-order valence-corrected chi connectivity index (χ3v) is 3.87. The quantitative estimate of drug-likeness (QED) is 0.859. The third kappa shape index (κ3) is 3.51. The van der Waals surface area contributed by atoms with E-state index in [9.17, 15) is 4.39 Å². The second-order valence-electron chi connectivity index (χ2n) is 6.62. The fourth-order valence-electron chi connectivity index (χ4n) is 2.54. The Balaban J connectivity index is 2.37. The first-order chi connectivity index (χ1) is 9.82. The van der Waals surface area contributed by atoms with Crippen molar-refractivity contribution in [1.82, 2.24) is 5.32 Å². The molecule has 0 aliphatic heterocycles. The standard InChI is InChI=1S/C19H24FN/c1-13-6-11-16(17(20)12-13)18(21-5)14-7-9-15(10-8-14)19(2,3)4/h6-12,18,21H,1-5H3. The highest BCUT2D eigenvalue weighted by Crippen LogP contribution is 2.28. The van der Waals surface area contributed by atoms with Gasteiger partial charge in [-0.1, -0.05) is 57.2 Å². The summed E-state index contributed by atoms with van der Waals surface area (Å²) in [5, 5.41) is 3.21. The highest BCUT2D eigenvalue weighted by Gasteiger charge is 2.18.